The van der Waals surface area contributed by atoms with Crippen molar-refractivity contribution in [3.05, 3.63) is 11.9 Å². The van der Waals surface area contributed by atoms with Gasteiger partial charge in [-0.15, -0.1) is 5.10 Å². The van der Waals surface area contributed by atoms with Gasteiger partial charge in [0, 0.05) is 32.1 Å². The number of likely N-dealkylation sites (tertiary alicyclic amines) is 1. The monoisotopic (exact) mass is 401 g/mol. The number of carbonyl (C=O) groups excluding carboxylic acids is 2. The number of hydrogen-bond acceptors (Lipinski definition) is 5. The number of nitrogens with zero attached hydrogens (tertiary/aromatic N) is 5. The lowest BCUT2D eigenvalue weighted by Gasteiger charge is -2.53. The van der Waals surface area contributed by atoms with Gasteiger partial charge >= 0.3 is 0 Å². The number of amides is 2. The van der Waals surface area contributed by atoms with Crippen molar-refractivity contribution in [2.75, 3.05) is 39.4 Å². The molecule has 0 N–H and O–H groups in total. The van der Waals surface area contributed by atoms with Crippen molar-refractivity contribution in [3.63, 3.8) is 0 Å². The third kappa shape index (κ3) is 3.45. The van der Waals surface area contributed by atoms with Crippen LogP contribution in [0.4, 0.5) is 0 Å². The molecule has 3 heterocycles. The van der Waals surface area contributed by atoms with Crippen LogP contribution >= 0.6 is 0 Å². The van der Waals surface area contributed by atoms with Gasteiger partial charge < -0.3 is 14.5 Å². The molecule has 2 aliphatic carbocycles. The molecule has 8 nitrogen and oxygen atoms in total. The summed E-state index contributed by atoms with van der Waals surface area (Å²) in [6, 6.07) is 0.296. The second-order valence-corrected chi connectivity index (χ2v) is 9.21. The predicted molar refractivity (Wildman–Crippen MR) is 105 cm³/mol. The molecule has 1 atom stereocenters. The maximum Gasteiger partial charge on any atom is 0.276 e. The van der Waals surface area contributed by atoms with E-state index < -0.39 is 0 Å². The van der Waals surface area contributed by atoms with Gasteiger partial charge in [-0.05, 0) is 43.9 Å². The Kier molecular flexibility index (Phi) is 5.05. The molecule has 1 aromatic heterocycles. The van der Waals surface area contributed by atoms with Gasteiger partial charge in [-0.1, -0.05) is 18.1 Å². The van der Waals surface area contributed by atoms with Crippen LogP contribution in [0.1, 0.15) is 67.9 Å². The fourth-order valence-corrected chi connectivity index (χ4v) is 5.74. The highest BCUT2D eigenvalue weighted by Crippen LogP contribution is 2.56. The third-order valence-electron chi connectivity index (χ3n) is 7.74. The molecule has 2 aliphatic heterocycles. The third-order valence-corrected chi connectivity index (χ3v) is 7.74. The van der Waals surface area contributed by atoms with Crippen LogP contribution in [-0.4, -0.2) is 76.0 Å². The number of piperidine rings is 1. The molecule has 29 heavy (non-hydrogen) atoms. The van der Waals surface area contributed by atoms with E-state index in [0.29, 0.717) is 43.9 Å². The molecule has 4 fully saturated rings. The number of morpholine rings is 1. The van der Waals surface area contributed by atoms with Crippen molar-refractivity contribution in [2.24, 2.45) is 11.3 Å². The zero-order chi connectivity index (χ0) is 19.8. The Balaban J connectivity index is 1.21. The van der Waals surface area contributed by atoms with Crippen LogP contribution < -0.4 is 0 Å². The minimum absolute atomic E-state index is 0.0510. The number of aromatic nitrogens is 3. The fraction of sp³-hybridized carbons (Fsp3) is 0.810. The summed E-state index contributed by atoms with van der Waals surface area (Å²) in [5.74, 6) is 0.600. The first-order valence-electron chi connectivity index (χ1n) is 11.2. The van der Waals surface area contributed by atoms with Crippen LogP contribution in [0, 0.1) is 11.3 Å². The van der Waals surface area contributed by atoms with E-state index in [1.54, 1.807) is 4.90 Å². The maximum atomic E-state index is 12.7. The lowest BCUT2D eigenvalue weighted by atomic mass is 9.59. The summed E-state index contributed by atoms with van der Waals surface area (Å²) in [4.78, 5) is 29.3. The number of hydrogen-bond donors (Lipinski definition) is 0. The Morgan fingerprint density at radius 3 is 2.34 bits per heavy atom. The van der Waals surface area contributed by atoms with E-state index in [1.165, 1.54) is 19.3 Å². The Hall–Kier alpha value is -1.96. The average molecular weight is 402 g/mol. The molecular weight excluding hydrogens is 370 g/mol. The van der Waals surface area contributed by atoms with Crippen molar-refractivity contribution in [2.45, 2.75) is 57.4 Å². The highest BCUT2D eigenvalue weighted by molar-refractivity contribution is 5.92. The van der Waals surface area contributed by atoms with E-state index in [2.05, 4.69) is 15.2 Å². The maximum absolute atomic E-state index is 12.7. The normalized spacial score (nSPS) is 27.2. The number of rotatable bonds is 3. The van der Waals surface area contributed by atoms with Crippen molar-refractivity contribution >= 4 is 11.8 Å². The van der Waals surface area contributed by atoms with E-state index in [0.717, 1.165) is 45.2 Å². The van der Waals surface area contributed by atoms with Crippen molar-refractivity contribution in [3.8, 4) is 0 Å². The summed E-state index contributed by atoms with van der Waals surface area (Å²) in [6.07, 6.45) is 10.7. The van der Waals surface area contributed by atoms with Gasteiger partial charge in [0.1, 0.15) is 0 Å². The molecule has 2 saturated heterocycles. The number of ether oxygens (including phenoxy) is 1. The van der Waals surface area contributed by atoms with Crippen molar-refractivity contribution in [1.82, 2.24) is 24.8 Å². The Labute approximate surface area is 171 Å². The summed E-state index contributed by atoms with van der Waals surface area (Å²) in [6.45, 7) is 4.12. The first-order valence-corrected chi connectivity index (χ1v) is 11.2. The van der Waals surface area contributed by atoms with Crippen LogP contribution in [0.3, 0.4) is 0 Å². The van der Waals surface area contributed by atoms with Gasteiger partial charge in [0.15, 0.2) is 5.69 Å². The summed E-state index contributed by atoms with van der Waals surface area (Å²) in [5.41, 5.74) is 0.641. The second kappa shape index (κ2) is 7.70. The van der Waals surface area contributed by atoms with Crippen LogP contribution in [0.25, 0.3) is 0 Å². The highest BCUT2D eigenvalue weighted by atomic mass is 16.5. The lowest BCUT2D eigenvalue weighted by Crippen LogP contribution is -2.52. The molecule has 0 bridgehead atoms. The van der Waals surface area contributed by atoms with Crippen molar-refractivity contribution < 1.29 is 14.3 Å². The summed E-state index contributed by atoms with van der Waals surface area (Å²) in [7, 11) is 0. The molecule has 8 heteroatoms. The van der Waals surface area contributed by atoms with Crippen LogP contribution in [0.15, 0.2) is 6.20 Å². The molecule has 5 rings (SSSR count). The average Bonchev–Trinajstić information content (AvgIpc) is 3.45. The lowest BCUT2D eigenvalue weighted by molar-refractivity contribution is -0.140. The van der Waals surface area contributed by atoms with E-state index in [-0.39, 0.29) is 17.2 Å². The van der Waals surface area contributed by atoms with Crippen molar-refractivity contribution in [1.29, 1.82) is 0 Å². The highest BCUT2D eigenvalue weighted by Gasteiger charge is 2.50. The molecular formula is C21H31N5O3. The topological polar surface area (TPSA) is 80.6 Å². The van der Waals surface area contributed by atoms with Gasteiger partial charge in [-0.2, -0.15) is 0 Å². The molecule has 4 aliphatic rings. The van der Waals surface area contributed by atoms with Gasteiger partial charge in [0.05, 0.1) is 25.5 Å². The smallest absolute Gasteiger partial charge is 0.276 e. The number of carbonyl (C=O) groups is 2. The van der Waals surface area contributed by atoms with Gasteiger partial charge in [-0.3, -0.25) is 9.59 Å². The minimum Gasteiger partial charge on any atom is -0.378 e. The van der Waals surface area contributed by atoms with E-state index >= 15 is 0 Å². The van der Waals surface area contributed by atoms with E-state index in [9.17, 15) is 9.59 Å². The summed E-state index contributed by atoms with van der Waals surface area (Å²) < 4.78 is 7.25. The molecule has 2 amide bonds. The summed E-state index contributed by atoms with van der Waals surface area (Å²) >= 11 is 0. The Morgan fingerprint density at radius 1 is 0.966 bits per heavy atom. The zero-order valence-electron chi connectivity index (χ0n) is 17.1. The zero-order valence-corrected chi connectivity index (χ0v) is 17.1. The predicted octanol–water partition coefficient (Wildman–Crippen LogP) is 1.88. The van der Waals surface area contributed by atoms with Crippen LogP contribution in [0.2, 0.25) is 0 Å². The Morgan fingerprint density at radius 2 is 1.69 bits per heavy atom. The van der Waals surface area contributed by atoms with E-state index in [1.807, 2.05) is 10.9 Å². The van der Waals surface area contributed by atoms with Gasteiger partial charge in [-0.25, -0.2) is 4.68 Å². The quantitative estimate of drug-likeness (QED) is 0.773. The minimum atomic E-state index is -0.0510. The molecule has 0 radical (unpaired) electrons. The molecule has 1 aromatic rings. The largest absolute Gasteiger partial charge is 0.378 e. The van der Waals surface area contributed by atoms with E-state index in [4.69, 9.17) is 4.74 Å². The first-order chi connectivity index (χ1) is 14.2. The molecule has 1 spiro atoms. The molecule has 1 unspecified atom stereocenters. The van der Waals surface area contributed by atoms with Gasteiger partial charge in [0.2, 0.25) is 5.91 Å². The molecule has 0 aromatic carbocycles. The standard InChI is InChI=1S/C21H31N5O3/c27-19(16-3-1-2-4-16)24-9-7-21(8-10-24)6-5-18(21)26-15-17(22-23-26)20(28)25-11-13-29-14-12-25/h15-16,18H,1-14H2. The SMILES string of the molecule is O=C(c1cn(C2CCC23CCN(C(=O)C2CCCC2)CC3)nn1)N1CCOCC1. The van der Waals surface area contributed by atoms with Crippen LogP contribution in [-0.2, 0) is 9.53 Å². The Bertz CT molecular complexity index is 758. The fourth-order valence-electron chi connectivity index (χ4n) is 5.74. The second-order valence-electron chi connectivity index (χ2n) is 9.21. The summed E-state index contributed by atoms with van der Waals surface area (Å²) in [5, 5.41) is 8.51. The molecule has 158 valence electrons. The molecule has 2 saturated carbocycles. The van der Waals surface area contributed by atoms with Gasteiger partial charge in [0.25, 0.3) is 5.91 Å². The van der Waals surface area contributed by atoms with Crippen LogP contribution in [0.5, 0.6) is 0 Å². The first kappa shape index (κ1) is 19.0.